The van der Waals surface area contributed by atoms with E-state index in [1.54, 1.807) is 18.6 Å². The highest BCUT2D eigenvalue weighted by Gasteiger charge is 2.50. The number of aryl methyl sites for hydroxylation is 1. The minimum absolute atomic E-state index is 0.189. The summed E-state index contributed by atoms with van der Waals surface area (Å²) in [5.74, 6) is 0.813. The van der Waals surface area contributed by atoms with Crippen LogP contribution in [0.5, 0.6) is 0 Å². The number of hydrogen-bond donors (Lipinski definition) is 2. The first-order valence-electron chi connectivity index (χ1n) is 7.91. The van der Waals surface area contributed by atoms with Crippen LogP contribution in [0.15, 0.2) is 30.9 Å². The van der Waals surface area contributed by atoms with Crippen molar-refractivity contribution in [1.29, 1.82) is 0 Å². The Kier molecular flexibility index (Phi) is 4.28. The van der Waals surface area contributed by atoms with Crippen molar-refractivity contribution >= 4 is 11.6 Å². The van der Waals surface area contributed by atoms with E-state index in [9.17, 15) is 5.11 Å². The topological polar surface area (TPSA) is 81.4 Å². The molecule has 2 fully saturated rings. The highest BCUT2D eigenvalue weighted by Crippen LogP contribution is 2.36. The number of imidazole rings is 1. The maximum atomic E-state index is 10.9. The van der Waals surface area contributed by atoms with Crippen LogP contribution >= 0.6 is 11.6 Å². The molecule has 0 radical (unpaired) electrons. The van der Waals surface area contributed by atoms with Gasteiger partial charge in [-0.1, -0.05) is 11.6 Å². The minimum Gasteiger partial charge on any atom is -0.389 e. The lowest BCUT2D eigenvalue weighted by molar-refractivity contribution is -0.165. The lowest BCUT2D eigenvalue weighted by Crippen LogP contribution is -2.57. The normalized spacial score (nSPS) is 32.2. The van der Waals surface area contributed by atoms with Gasteiger partial charge in [-0.2, -0.15) is 0 Å². The van der Waals surface area contributed by atoms with Crippen molar-refractivity contribution < 1.29 is 14.6 Å². The van der Waals surface area contributed by atoms with Gasteiger partial charge in [0.25, 0.3) is 0 Å². The summed E-state index contributed by atoms with van der Waals surface area (Å²) in [7, 11) is 0. The molecule has 4 heterocycles. The fourth-order valence-electron chi connectivity index (χ4n) is 3.43. The van der Waals surface area contributed by atoms with E-state index >= 15 is 0 Å². The maximum Gasteiger partial charge on any atom is 0.181 e. The first-order chi connectivity index (χ1) is 11.6. The molecule has 5 atom stereocenters. The van der Waals surface area contributed by atoms with Crippen LogP contribution in [-0.4, -0.2) is 50.8 Å². The Morgan fingerprint density at radius 2 is 2.33 bits per heavy atom. The van der Waals surface area contributed by atoms with Crippen molar-refractivity contribution in [3.8, 4) is 0 Å². The average Bonchev–Trinajstić information content (AvgIpc) is 3.18. The predicted octanol–water partition coefficient (Wildman–Crippen LogP) is 1.06. The van der Waals surface area contributed by atoms with E-state index in [4.69, 9.17) is 21.1 Å². The van der Waals surface area contributed by atoms with Crippen LogP contribution in [0.1, 0.15) is 17.4 Å². The molecule has 2 saturated heterocycles. The quantitative estimate of drug-likeness (QED) is 0.858. The third kappa shape index (κ3) is 2.72. The molecule has 4 rings (SSSR count). The third-order valence-corrected chi connectivity index (χ3v) is 5.04. The SMILES string of the molecule is Cc1nccn1[C@H]1[C@@H]2OC[C@@H](O2)[C@@H](NCc2ccncc2Cl)[C@@H]1O. The van der Waals surface area contributed by atoms with E-state index in [1.165, 1.54) is 0 Å². The van der Waals surface area contributed by atoms with Gasteiger partial charge in [0.05, 0.1) is 23.8 Å². The molecule has 0 unspecified atom stereocenters. The van der Waals surface area contributed by atoms with E-state index in [0.29, 0.717) is 18.2 Å². The average molecular weight is 351 g/mol. The lowest BCUT2D eigenvalue weighted by atomic mass is 9.95. The van der Waals surface area contributed by atoms with Gasteiger partial charge in [0, 0.05) is 31.3 Å². The van der Waals surface area contributed by atoms with Crippen LogP contribution < -0.4 is 5.32 Å². The molecule has 2 N–H and O–H groups in total. The number of aromatic nitrogens is 3. The molecule has 2 aliphatic rings. The van der Waals surface area contributed by atoms with Crippen LogP contribution in [0.2, 0.25) is 5.02 Å². The molecule has 0 aliphatic carbocycles. The van der Waals surface area contributed by atoms with Crippen LogP contribution in [0, 0.1) is 6.92 Å². The standard InChI is InChI=1S/C16H19ClN4O3/c1-9-19-4-5-21(9)14-15(22)13(12-8-23-16(14)24-12)20-6-10-2-3-18-7-11(10)17/h2-5,7,12-16,20,22H,6,8H2,1H3/t12-,13-,14-,15+,16-/m1/s1. The first-order valence-corrected chi connectivity index (χ1v) is 8.29. The molecule has 0 amide bonds. The van der Waals surface area contributed by atoms with E-state index in [1.807, 2.05) is 23.8 Å². The molecular formula is C16H19ClN4O3. The molecule has 2 bridgehead atoms. The smallest absolute Gasteiger partial charge is 0.181 e. The molecule has 2 aromatic heterocycles. The molecule has 0 saturated carbocycles. The molecule has 24 heavy (non-hydrogen) atoms. The molecule has 128 valence electrons. The van der Waals surface area contributed by atoms with Crippen LogP contribution in [0.4, 0.5) is 0 Å². The van der Waals surface area contributed by atoms with Crippen molar-refractivity contribution in [2.75, 3.05) is 6.61 Å². The summed E-state index contributed by atoms with van der Waals surface area (Å²) in [5, 5.41) is 14.9. The van der Waals surface area contributed by atoms with E-state index in [-0.39, 0.29) is 18.2 Å². The van der Waals surface area contributed by atoms with Crippen molar-refractivity contribution in [2.45, 2.75) is 44.1 Å². The van der Waals surface area contributed by atoms with Gasteiger partial charge < -0.3 is 24.5 Å². The van der Waals surface area contributed by atoms with Gasteiger partial charge in [-0.3, -0.25) is 4.98 Å². The maximum absolute atomic E-state index is 10.9. The Bertz CT molecular complexity index is 725. The number of rotatable bonds is 4. The van der Waals surface area contributed by atoms with Crippen molar-refractivity contribution in [2.24, 2.45) is 0 Å². The Hall–Kier alpha value is -1.51. The van der Waals surface area contributed by atoms with Crippen LogP contribution in [-0.2, 0) is 16.0 Å². The molecule has 0 spiro atoms. The zero-order valence-electron chi connectivity index (χ0n) is 13.2. The molecule has 2 aliphatic heterocycles. The van der Waals surface area contributed by atoms with Crippen LogP contribution in [0.25, 0.3) is 0 Å². The summed E-state index contributed by atoms with van der Waals surface area (Å²) in [6.45, 7) is 2.86. The molecule has 0 aromatic carbocycles. The Morgan fingerprint density at radius 1 is 1.46 bits per heavy atom. The highest BCUT2D eigenvalue weighted by molar-refractivity contribution is 6.31. The monoisotopic (exact) mass is 350 g/mol. The Balaban J connectivity index is 1.54. The van der Waals surface area contributed by atoms with Gasteiger partial charge in [0.15, 0.2) is 6.29 Å². The third-order valence-electron chi connectivity index (χ3n) is 4.70. The summed E-state index contributed by atoms with van der Waals surface area (Å²) in [6.07, 6.45) is 5.55. The fraction of sp³-hybridized carbons (Fsp3) is 0.500. The summed E-state index contributed by atoms with van der Waals surface area (Å²) in [5.41, 5.74) is 0.926. The highest BCUT2D eigenvalue weighted by atomic mass is 35.5. The number of halogens is 1. The number of aliphatic hydroxyl groups is 1. The van der Waals surface area contributed by atoms with Crippen molar-refractivity contribution in [3.05, 3.63) is 47.3 Å². The van der Waals surface area contributed by atoms with Gasteiger partial charge >= 0.3 is 0 Å². The second kappa shape index (κ2) is 6.42. The fourth-order valence-corrected chi connectivity index (χ4v) is 3.61. The number of nitrogens with zero attached hydrogens (tertiary/aromatic N) is 3. The Labute approximate surface area is 144 Å². The van der Waals surface area contributed by atoms with E-state index in [0.717, 1.165) is 11.4 Å². The number of ether oxygens (including phenoxy) is 2. The summed E-state index contributed by atoms with van der Waals surface area (Å²) >= 11 is 6.15. The van der Waals surface area contributed by atoms with Gasteiger partial charge in [-0.15, -0.1) is 0 Å². The van der Waals surface area contributed by atoms with Gasteiger partial charge in [-0.05, 0) is 18.6 Å². The van der Waals surface area contributed by atoms with Gasteiger partial charge in [0.1, 0.15) is 18.0 Å². The summed E-state index contributed by atoms with van der Waals surface area (Å²) in [6, 6.07) is 1.26. The van der Waals surface area contributed by atoms with Crippen molar-refractivity contribution in [1.82, 2.24) is 19.9 Å². The largest absolute Gasteiger partial charge is 0.389 e. The molecule has 7 nitrogen and oxygen atoms in total. The van der Waals surface area contributed by atoms with E-state index in [2.05, 4.69) is 15.3 Å². The zero-order chi connectivity index (χ0) is 16.7. The van der Waals surface area contributed by atoms with E-state index < -0.39 is 12.4 Å². The second-order valence-corrected chi connectivity index (χ2v) is 6.52. The molecule has 8 heteroatoms. The minimum atomic E-state index is -0.662. The molecule has 2 aromatic rings. The number of aliphatic hydroxyl groups excluding tert-OH is 1. The Morgan fingerprint density at radius 3 is 3.08 bits per heavy atom. The predicted molar refractivity (Wildman–Crippen MR) is 86.5 cm³/mol. The second-order valence-electron chi connectivity index (χ2n) is 6.11. The number of nitrogens with one attached hydrogen (secondary N) is 1. The number of fused-ring (bicyclic) bond motifs is 2. The van der Waals surface area contributed by atoms with Crippen LogP contribution in [0.3, 0.4) is 0 Å². The van der Waals surface area contributed by atoms with Gasteiger partial charge in [0.2, 0.25) is 0 Å². The summed E-state index contributed by atoms with van der Waals surface area (Å²) < 4.78 is 13.6. The lowest BCUT2D eigenvalue weighted by Gasteiger charge is -2.39. The van der Waals surface area contributed by atoms with Gasteiger partial charge in [-0.25, -0.2) is 4.98 Å². The summed E-state index contributed by atoms with van der Waals surface area (Å²) in [4.78, 5) is 8.22. The first kappa shape index (κ1) is 16.0. The number of pyridine rings is 1. The number of hydrogen-bond acceptors (Lipinski definition) is 6. The molecular weight excluding hydrogens is 332 g/mol. The van der Waals surface area contributed by atoms with Crippen molar-refractivity contribution in [3.63, 3.8) is 0 Å². The zero-order valence-corrected chi connectivity index (χ0v) is 13.9.